The van der Waals surface area contributed by atoms with Gasteiger partial charge in [-0.05, 0) is 60.0 Å². The molecule has 2 unspecified atom stereocenters. The lowest BCUT2D eigenvalue weighted by atomic mass is 9.97. The SMILES string of the molecule is CCOC(=O)C(C)(CCN(C)C(C)C1CC1)NC. The summed E-state index contributed by atoms with van der Waals surface area (Å²) in [7, 11) is 3.96. The number of rotatable bonds is 8. The van der Waals surface area contributed by atoms with E-state index in [1.807, 2.05) is 20.9 Å². The van der Waals surface area contributed by atoms with E-state index in [1.54, 1.807) is 0 Å². The number of ether oxygens (including phenoxy) is 1. The van der Waals surface area contributed by atoms with Crippen molar-refractivity contribution in [2.45, 2.75) is 51.6 Å². The van der Waals surface area contributed by atoms with E-state index in [2.05, 4.69) is 24.2 Å². The Labute approximate surface area is 111 Å². The van der Waals surface area contributed by atoms with Gasteiger partial charge in [-0.25, -0.2) is 0 Å². The fraction of sp³-hybridized carbons (Fsp3) is 0.929. The molecule has 0 aromatic heterocycles. The van der Waals surface area contributed by atoms with Crippen LogP contribution in [0.25, 0.3) is 0 Å². The van der Waals surface area contributed by atoms with E-state index in [0.29, 0.717) is 12.6 Å². The van der Waals surface area contributed by atoms with Crippen LogP contribution in [0.15, 0.2) is 0 Å². The molecule has 1 N–H and O–H groups in total. The van der Waals surface area contributed by atoms with Gasteiger partial charge in [0.25, 0.3) is 0 Å². The molecular weight excluding hydrogens is 228 g/mol. The molecule has 4 nitrogen and oxygen atoms in total. The van der Waals surface area contributed by atoms with Crippen molar-refractivity contribution in [3.8, 4) is 0 Å². The lowest BCUT2D eigenvalue weighted by molar-refractivity contribution is -0.150. The first-order valence-corrected chi connectivity index (χ1v) is 7.01. The van der Waals surface area contributed by atoms with Crippen LogP contribution in [0, 0.1) is 5.92 Å². The Bertz CT molecular complexity index is 279. The number of nitrogens with one attached hydrogen (secondary N) is 1. The van der Waals surface area contributed by atoms with Gasteiger partial charge in [0.1, 0.15) is 5.54 Å². The van der Waals surface area contributed by atoms with Crippen molar-refractivity contribution in [3.63, 3.8) is 0 Å². The van der Waals surface area contributed by atoms with Gasteiger partial charge < -0.3 is 15.0 Å². The van der Waals surface area contributed by atoms with Gasteiger partial charge in [-0.1, -0.05) is 0 Å². The van der Waals surface area contributed by atoms with Crippen LogP contribution < -0.4 is 5.32 Å². The maximum Gasteiger partial charge on any atom is 0.326 e. The zero-order chi connectivity index (χ0) is 13.8. The molecule has 0 amide bonds. The van der Waals surface area contributed by atoms with Crippen molar-refractivity contribution >= 4 is 5.97 Å². The Morgan fingerprint density at radius 3 is 2.61 bits per heavy atom. The topological polar surface area (TPSA) is 41.6 Å². The lowest BCUT2D eigenvalue weighted by Gasteiger charge is -2.31. The van der Waals surface area contributed by atoms with E-state index in [-0.39, 0.29) is 5.97 Å². The fourth-order valence-electron chi connectivity index (χ4n) is 2.16. The van der Waals surface area contributed by atoms with Crippen molar-refractivity contribution < 1.29 is 9.53 Å². The molecule has 4 heteroatoms. The molecule has 0 aromatic rings. The third kappa shape index (κ3) is 3.95. The average Bonchev–Trinajstić information content (AvgIpc) is 3.19. The molecule has 1 aliphatic carbocycles. The van der Waals surface area contributed by atoms with Crippen LogP contribution in [-0.2, 0) is 9.53 Å². The van der Waals surface area contributed by atoms with E-state index in [4.69, 9.17) is 4.74 Å². The highest BCUT2D eigenvalue weighted by atomic mass is 16.5. The van der Waals surface area contributed by atoms with Crippen molar-refractivity contribution in [2.75, 3.05) is 27.2 Å². The Balaban J connectivity index is 2.44. The molecule has 106 valence electrons. The number of carbonyl (C=O) groups excluding carboxylic acids is 1. The second kappa shape index (κ2) is 6.53. The number of hydrogen-bond donors (Lipinski definition) is 1. The van der Waals surface area contributed by atoms with Crippen LogP contribution in [0.1, 0.15) is 40.0 Å². The molecular formula is C14H28N2O2. The molecule has 0 aliphatic heterocycles. The fourth-order valence-corrected chi connectivity index (χ4v) is 2.16. The van der Waals surface area contributed by atoms with E-state index >= 15 is 0 Å². The van der Waals surface area contributed by atoms with Crippen molar-refractivity contribution in [1.82, 2.24) is 10.2 Å². The number of carbonyl (C=O) groups is 1. The van der Waals surface area contributed by atoms with Crippen LogP contribution in [0.4, 0.5) is 0 Å². The minimum absolute atomic E-state index is 0.153. The summed E-state index contributed by atoms with van der Waals surface area (Å²) in [6, 6.07) is 0.619. The molecule has 0 aromatic carbocycles. The molecule has 0 heterocycles. The molecule has 0 spiro atoms. The van der Waals surface area contributed by atoms with Crippen LogP contribution in [0.3, 0.4) is 0 Å². The lowest BCUT2D eigenvalue weighted by Crippen LogP contribution is -2.51. The van der Waals surface area contributed by atoms with Gasteiger partial charge in [0.15, 0.2) is 0 Å². The van der Waals surface area contributed by atoms with Gasteiger partial charge in [-0.2, -0.15) is 0 Å². The Kier molecular flexibility index (Phi) is 5.60. The summed E-state index contributed by atoms with van der Waals surface area (Å²) in [6.07, 6.45) is 3.48. The molecule has 1 rings (SSSR count). The van der Waals surface area contributed by atoms with Crippen LogP contribution in [0.5, 0.6) is 0 Å². The molecule has 2 atom stereocenters. The quantitative estimate of drug-likeness (QED) is 0.671. The highest BCUT2D eigenvalue weighted by Crippen LogP contribution is 2.34. The second-order valence-electron chi connectivity index (χ2n) is 5.61. The summed E-state index contributed by atoms with van der Waals surface area (Å²) in [4.78, 5) is 14.3. The van der Waals surface area contributed by atoms with Gasteiger partial charge in [0.05, 0.1) is 6.61 Å². The maximum atomic E-state index is 11.9. The third-order valence-corrected chi connectivity index (χ3v) is 4.24. The number of nitrogens with zero attached hydrogens (tertiary/aromatic N) is 1. The normalized spacial score (nSPS) is 20.6. The first-order chi connectivity index (χ1) is 8.44. The summed E-state index contributed by atoms with van der Waals surface area (Å²) >= 11 is 0. The van der Waals surface area contributed by atoms with Crippen LogP contribution in [0.2, 0.25) is 0 Å². The number of esters is 1. The zero-order valence-electron chi connectivity index (χ0n) is 12.5. The maximum absolute atomic E-state index is 11.9. The van der Waals surface area contributed by atoms with Gasteiger partial charge in [0, 0.05) is 12.6 Å². The van der Waals surface area contributed by atoms with Gasteiger partial charge in [0.2, 0.25) is 0 Å². The van der Waals surface area contributed by atoms with Crippen molar-refractivity contribution in [1.29, 1.82) is 0 Å². The highest BCUT2D eigenvalue weighted by Gasteiger charge is 2.35. The molecule has 1 saturated carbocycles. The zero-order valence-corrected chi connectivity index (χ0v) is 12.5. The first kappa shape index (κ1) is 15.4. The largest absolute Gasteiger partial charge is 0.465 e. The van der Waals surface area contributed by atoms with E-state index in [9.17, 15) is 4.79 Å². The van der Waals surface area contributed by atoms with Crippen LogP contribution >= 0.6 is 0 Å². The van der Waals surface area contributed by atoms with Crippen LogP contribution in [-0.4, -0.2) is 49.7 Å². The van der Waals surface area contributed by atoms with Gasteiger partial charge in [-0.15, -0.1) is 0 Å². The highest BCUT2D eigenvalue weighted by molar-refractivity contribution is 5.80. The van der Waals surface area contributed by atoms with E-state index < -0.39 is 5.54 Å². The Morgan fingerprint density at radius 1 is 1.56 bits per heavy atom. The molecule has 0 radical (unpaired) electrons. The average molecular weight is 256 g/mol. The summed E-state index contributed by atoms with van der Waals surface area (Å²) in [5.74, 6) is 0.707. The monoisotopic (exact) mass is 256 g/mol. The molecule has 18 heavy (non-hydrogen) atoms. The molecule has 0 saturated heterocycles. The minimum atomic E-state index is -0.576. The predicted molar refractivity (Wildman–Crippen MR) is 73.5 cm³/mol. The van der Waals surface area contributed by atoms with E-state index in [0.717, 1.165) is 18.9 Å². The third-order valence-electron chi connectivity index (χ3n) is 4.24. The van der Waals surface area contributed by atoms with Crippen molar-refractivity contribution in [3.05, 3.63) is 0 Å². The Morgan fingerprint density at radius 2 is 2.17 bits per heavy atom. The minimum Gasteiger partial charge on any atom is -0.465 e. The smallest absolute Gasteiger partial charge is 0.326 e. The molecule has 0 bridgehead atoms. The van der Waals surface area contributed by atoms with E-state index in [1.165, 1.54) is 12.8 Å². The molecule has 1 fully saturated rings. The van der Waals surface area contributed by atoms with Crippen molar-refractivity contribution in [2.24, 2.45) is 5.92 Å². The summed E-state index contributed by atoms with van der Waals surface area (Å²) in [5.41, 5.74) is -0.576. The second-order valence-corrected chi connectivity index (χ2v) is 5.61. The summed E-state index contributed by atoms with van der Waals surface area (Å²) in [6.45, 7) is 7.38. The first-order valence-electron chi connectivity index (χ1n) is 7.01. The predicted octanol–water partition coefficient (Wildman–Crippen LogP) is 1.65. The molecule has 1 aliphatic rings. The van der Waals surface area contributed by atoms with Gasteiger partial charge >= 0.3 is 5.97 Å². The standard InChI is InChI=1S/C14H28N2O2/c1-6-18-13(17)14(3,15-4)9-10-16(5)11(2)12-7-8-12/h11-12,15H,6-10H2,1-5H3. The number of hydrogen-bond acceptors (Lipinski definition) is 4. The van der Waals surface area contributed by atoms with Gasteiger partial charge in [-0.3, -0.25) is 4.79 Å². The Hall–Kier alpha value is -0.610. The summed E-state index contributed by atoms with van der Waals surface area (Å²) < 4.78 is 5.13. The summed E-state index contributed by atoms with van der Waals surface area (Å²) in [5, 5.41) is 3.10. The number of likely N-dealkylation sites (N-methyl/N-ethyl adjacent to an activating group) is 1.